The summed E-state index contributed by atoms with van der Waals surface area (Å²) in [7, 11) is 3.76. The van der Waals surface area contributed by atoms with Gasteiger partial charge in [0.05, 0.1) is 11.7 Å². The Morgan fingerprint density at radius 3 is 2.40 bits per heavy atom. The molecular formula is C14H15FN2O2S. The lowest BCUT2D eigenvalue weighted by Gasteiger charge is -2.22. The Labute approximate surface area is 120 Å². The number of thiazole rings is 1. The number of hydrogen-bond acceptors (Lipinski definition) is 4. The molecule has 0 amide bonds. The molecule has 0 saturated heterocycles. The topological polar surface area (TPSA) is 53.4 Å². The lowest BCUT2D eigenvalue weighted by Crippen LogP contribution is -2.21. The second-order valence-corrected chi connectivity index (χ2v) is 5.72. The summed E-state index contributed by atoms with van der Waals surface area (Å²) in [6.07, 6.45) is 0. The lowest BCUT2D eigenvalue weighted by molar-refractivity contribution is 0.0701. The van der Waals surface area contributed by atoms with E-state index in [1.165, 1.54) is 12.1 Å². The summed E-state index contributed by atoms with van der Waals surface area (Å²) in [6.45, 7) is 1.68. The largest absolute Gasteiger partial charge is 0.477 e. The van der Waals surface area contributed by atoms with E-state index in [9.17, 15) is 9.18 Å². The third kappa shape index (κ3) is 2.86. The maximum Gasteiger partial charge on any atom is 0.347 e. The van der Waals surface area contributed by atoms with Crippen molar-refractivity contribution >= 4 is 17.3 Å². The van der Waals surface area contributed by atoms with E-state index >= 15 is 0 Å². The van der Waals surface area contributed by atoms with Gasteiger partial charge < -0.3 is 5.11 Å². The minimum absolute atomic E-state index is 0.188. The third-order valence-corrected chi connectivity index (χ3v) is 4.14. The summed E-state index contributed by atoms with van der Waals surface area (Å²) >= 11 is 1.16. The van der Waals surface area contributed by atoms with Gasteiger partial charge in [-0.1, -0.05) is 12.1 Å². The predicted molar refractivity (Wildman–Crippen MR) is 75.7 cm³/mol. The predicted octanol–water partition coefficient (Wildman–Crippen LogP) is 2.94. The second kappa shape index (κ2) is 5.68. The van der Waals surface area contributed by atoms with Gasteiger partial charge in [-0.25, -0.2) is 14.2 Å². The van der Waals surface area contributed by atoms with Gasteiger partial charge in [0.25, 0.3) is 0 Å². The Kier molecular flexibility index (Phi) is 4.15. The van der Waals surface area contributed by atoms with Gasteiger partial charge in [-0.05, 0) is 38.7 Å². The van der Waals surface area contributed by atoms with Crippen LogP contribution in [0.15, 0.2) is 24.3 Å². The van der Waals surface area contributed by atoms with Crippen molar-refractivity contribution in [3.63, 3.8) is 0 Å². The van der Waals surface area contributed by atoms with Crippen molar-refractivity contribution < 1.29 is 14.3 Å². The number of hydrogen-bond donors (Lipinski definition) is 1. The van der Waals surface area contributed by atoms with Crippen LogP contribution in [-0.2, 0) is 0 Å². The Bertz CT molecular complexity index is 623. The molecule has 0 spiro atoms. The number of carbonyl (C=O) groups is 1. The first kappa shape index (κ1) is 14.6. The molecule has 1 aromatic carbocycles. The summed E-state index contributed by atoms with van der Waals surface area (Å²) in [5.74, 6) is -1.27. The number of benzene rings is 1. The van der Waals surface area contributed by atoms with Crippen LogP contribution in [0.1, 0.15) is 32.0 Å². The van der Waals surface area contributed by atoms with Crippen LogP contribution in [0.2, 0.25) is 0 Å². The van der Waals surface area contributed by atoms with Crippen LogP contribution in [-0.4, -0.2) is 35.1 Å². The first-order valence-electron chi connectivity index (χ1n) is 6.02. The molecule has 0 unspecified atom stereocenters. The average Bonchev–Trinajstić information content (AvgIpc) is 2.73. The van der Waals surface area contributed by atoms with E-state index in [0.29, 0.717) is 10.7 Å². The van der Waals surface area contributed by atoms with Crippen molar-refractivity contribution in [2.45, 2.75) is 13.0 Å². The Hall–Kier alpha value is -1.79. The van der Waals surface area contributed by atoms with Crippen LogP contribution in [0.25, 0.3) is 0 Å². The lowest BCUT2D eigenvalue weighted by atomic mass is 10.1. The molecule has 1 aromatic heterocycles. The molecule has 4 nitrogen and oxygen atoms in total. The highest BCUT2D eigenvalue weighted by atomic mass is 32.1. The summed E-state index contributed by atoms with van der Waals surface area (Å²) in [5, 5.41) is 9.80. The highest BCUT2D eigenvalue weighted by Crippen LogP contribution is 2.31. The molecule has 1 heterocycles. The molecule has 0 radical (unpaired) electrons. The van der Waals surface area contributed by atoms with Gasteiger partial charge in [0.1, 0.15) is 15.7 Å². The Balaban J connectivity index is 2.46. The molecule has 20 heavy (non-hydrogen) atoms. The highest BCUT2D eigenvalue weighted by Gasteiger charge is 2.23. The average molecular weight is 294 g/mol. The molecule has 0 saturated carbocycles. The van der Waals surface area contributed by atoms with Gasteiger partial charge in [-0.15, -0.1) is 11.3 Å². The molecular weight excluding hydrogens is 279 g/mol. The van der Waals surface area contributed by atoms with Crippen molar-refractivity contribution in [1.82, 2.24) is 9.88 Å². The van der Waals surface area contributed by atoms with Gasteiger partial charge in [-0.3, -0.25) is 4.90 Å². The van der Waals surface area contributed by atoms with Crippen LogP contribution in [0.3, 0.4) is 0 Å². The van der Waals surface area contributed by atoms with E-state index in [1.54, 1.807) is 19.1 Å². The zero-order valence-electron chi connectivity index (χ0n) is 11.4. The maximum absolute atomic E-state index is 13.0. The molecule has 0 fully saturated rings. The van der Waals surface area contributed by atoms with Gasteiger partial charge >= 0.3 is 5.97 Å². The number of rotatable bonds is 4. The van der Waals surface area contributed by atoms with Crippen molar-refractivity contribution in [2.75, 3.05) is 14.1 Å². The number of aromatic carboxylic acids is 1. The summed E-state index contributed by atoms with van der Waals surface area (Å²) < 4.78 is 13.0. The molecule has 0 aliphatic rings. The summed E-state index contributed by atoms with van der Waals surface area (Å²) in [5.41, 5.74) is 1.38. The second-order valence-electron chi connectivity index (χ2n) is 4.69. The number of aromatic nitrogens is 1. The van der Waals surface area contributed by atoms with Crippen molar-refractivity contribution in [2.24, 2.45) is 0 Å². The zero-order valence-corrected chi connectivity index (χ0v) is 12.2. The fourth-order valence-electron chi connectivity index (χ4n) is 2.04. The van der Waals surface area contributed by atoms with Gasteiger partial charge in [0, 0.05) is 0 Å². The van der Waals surface area contributed by atoms with Gasteiger partial charge in [0.2, 0.25) is 0 Å². The summed E-state index contributed by atoms with van der Waals surface area (Å²) in [6, 6.07) is 5.98. The number of aryl methyl sites for hydroxylation is 1. The molecule has 1 N–H and O–H groups in total. The molecule has 1 atom stereocenters. The Morgan fingerprint density at radius 1 is 1.35 bits per heavy atom. The normalized spacial score (nSPS) is 12.7. The molecule has 6 heteroatoms. The smallest absolute Gasteiger partial charge is 0.347 e. The molecule has 2 rings (SSSR count). The van der Waals surface area contributed by atoms with E-state index in [-0.39, 0.29) is 16.7 Å². The van der Waals surface area contributed by atoms with E-state index in [0.717, 1.165) is 16.9 Å². The standard InChI is InChI=1S/C14H15FN2O2S/c1-8-12(14(18)19)20-13(16-8)11(17(2)3)9-4-6-10(15)7-5-9/h4-7,11H,1-3H3,(H,18,19)/t11-/m1/s1. The summed E-state index contributed by atoms with van der Waals surface area (Å²) in [4.78, 5) is 17.6. The number of nitrogens with zero attached hydrogens (tertiary/aromatic N) is 2. The van der Waals surface area contributed by atoms with Crippen molar-refractivity contribution in [1.29, 1.82) is 0 Å². The van der Waals surface area contributed by atoms with Crippen LogP contribution < -0.4 is 0 Å². The highest BCUT2D eigenvalue weighted by molar-refractivity contribution is 7.13. The first-order valence-corrected chi connectivity index (χ1v) is 6.84. The first-order chi connectivity index (χ1) is 9.40. The fraction of sp³-hybridized carbons (Fsp3) is 0.286. The minimum Gasteiger partial charge on any atom is -0.477 e. The van der Waals surface area contributed by atoms with Crippen molar-refractivity contribution in [3.05, 3.63) is 51.2 Å². The van der Waals surface area contributed by atoms with E-state index in [1.807, 2.05) is 19.0 Å². The maximum atomic E-state index is 13.0. The number of carboxylic acids is 1. The molecule has 2 aromatic rings. The SMILES string of the molecule is Cc1nc([C@@H](c2ccc(F)cc2)N(C)C)sc1C(=O)O. The minimum atomic E-state index is -0.970. The van der Waals surface area contributed by atoms with Gasteiger partial charge in [-0.2, -0.15) is 0 Å². The quantitative estimate of drug-likeness (QED) is 0.942. The van der Waals surface area contributed by atoms with Crippen LogP contribution in [0, 0.1) is 12.7 Å². The van der Waals surface area contributed by atoms with E-state index in [4.69, 9.17) is 5.11 Å². The zero-order chi connectivity index (χ0) is 14.9. The van der Waals surface area contributed by atoms with Crippen LogP contribution in [0.4, 0.5) is 4.39 Å². The van der Waals surface area contributed by atoms with Crippen LogP contribution >= 0.6 is 11.3 Å². The third-order valence-electron chi connectivity index (χ3n) is 2.94. The van der Waals surface area contributed by atoms with E-state index < -0.39 is 5.97 Å². The van der Waals surface area contributed by atoms with E-state index in [2.05, 4.69) is 4.98 Å². The molecule has 0 bridgehead atoms. The molecule has 0 aliphatic carbocycles. The Morgan fingerprint density at radius 2 is 1.95 bits per heavy atom. The monoisotopic (exact) mass is 294 g/mol. The van der Waals surface area contributed by atoms with Gasteiger partial charge in [0.15, 0.2) is 0 Å². The fourth-order valence-corrected chi connectivity index (χ4v) is 3.17. The number of carboxylic acid groups (broad SMARTS) is 1. The van der Waals surface area contributed by atoms with Crippen molar-refractivity contribution in [3.8, 4) is 0 Å². The number of halogens is 1. The van der Waals surface area contributed by atoms with Crippen LogP contribution in [0.5, 0.6) is 0 Å². The molecule has 0 aliphatic heterocycles. The molecule has 106 valence electrons.